The molecule has 0 unspecified atom stereocenters. The van der Waals surface area contributed by atoms with Crippen LogP contribution in [0.25, 0.3) is 11.0 Å². The predicted octanol–water partition coefficient (Wildman–Crippen LogP) is 1.12. The molecule has 0 saturated heterocycles. The summed E-state index contributed by atoms with van der Waals surface area (Å²) in [5.41, 5.74) is 2.46. The molecule has 90 valence electrons. The number of para-hydroxylation sites is 1. The van der Waals surface area contributed by atoms with Crippen molar-refractivity contribution in [3.63, 3.8) is 0 Å². The third-order valence-electron chi connectivity index (χ3n) is 2.91. The molecule has 0 radical (unpaired) electrons. The second-order valence-corrected chi connectivity index (χ2v) is 4.08. The smallest absolute Gasteiger partial charge is 0.328 e. The first-order valence-corrected chi connectivity index (χ1v) is 5.39. The van der Waals surface area contributed by atoms with E-state index < -0.39 is 5.97 Å². The van der Waals surface area contributed by atoms with Crippen LogP contribution in [0.4, 0.5) is 0 Å². The summed E-state index contributed by atoms with van der Waals surface area (Å²) >= 11 is 0. The fraction of sp³-hybridized carbons (Fsp3) is 0.333. The molecule has 0 saturated carbocycles. The van der Waals surface area contributed by atoms with E-state index in [-0.39, 0.29) is 18.7 Å². The molecule has 0 fully saturated rings. The summed E-state index contributed by atoms with van der Waals surface area (Å²) in [6.07, 6.45) is -0.0483. The molecule has 0 bridgehead atoms. The SMILES string of the molecule is Cc1cccc2c1n(CCC(=O)O)c(=O)n2C. The van der Waals surface area contributed by atoms with Gasteiger partial charge in [-0.2, -0.15) is 0 Å². The summed E-state index contributed by atoms with van der Waals surface area (Å²) in [6, 6.07) is 5.67. The number of carboxylic acids is 1. The summed E-state index contributed by atoms with van der Waals surface area (Å²) < 4.78 is 3.07. The van der Waals surface area contributed by atoms with Gasteiger partial charge in [0.15, 0.2) is 0 Å². The van der Waals surface area contributed by atoms with Crippen molar-refractivity contribution in [2.24, 2.45) is 7.05 Å². The van der Waals surface area contributed by atoms with Crippen LogP contribution >= 0.6 is 0 Å². The van der Waals surface area contributed by atoms with Gasteiger partial charge in [-0.25, -0.2) is 4.79 Å². The zero-order chi connectivity index (χ0) is 12.6. The van der Waals surface area contributed by atoms with E-state index in [2.05, 4.69) is 0 Å². The standard InChI is InChI=1S/C12H14N2O3/c1-8-4-3-5-9-11(8)14(7-6-10(15)16)12(17)13(9)2/h3-5H,6-7H2,1-2H3,(H,15,16). The van der Waals surface area contributed by atoms with Crippen LogP contribution in [0, 0.1) is 6.92 Å². The summed E-state index contributed by atoms with van der Waals surface area (Å²) in [5, 5.41) is 8.69. The first-order chi connectivity index (χ1) is 8.02. The second-order valence-electron chi connectivity index (χ2n) is 4.08. The van der Waals surface area contributed by atoms with Crippen molar-refractivity contribution in [1.29, 1.82) is 0 Å². The van der Waals surface area contributed by atoms with Crippen LogP contribution in [0.15, 0.2) is 23.0 Å². The van der Waals surface area contributed by atoms with Crippen LogP contribution in [0.2, 0.25) is 0 Å². The van der Waals surface area contributed by atoms with Crippen molar-refractivity contribution in [2.75, 3.05) is 0 Å². The van der Waals surface area contributed by atoms with Crippen LogP contribution in [0.5, 0.6) is 0 Å². The van der Waals surface area contributed by atoms with Gasteiger partial charge in [-0.1, -0.05) is 12.1 Å². The molecule has 0 amide bonds. The summed E-state index contributed by atoms with van der Waals surface area (Å²) in [5.74, 6) is -0.900. The van der Waals surface area contributed by atoms with Crippen molar-refractivity contribution in [3.05, 3.63) is 34.2 Å². The summed E-state index contributed by atoms with van der Waals surface area (Å²) in [7, 11) is 1.70. The molecule has 1 heterocycles. The molecule has 1 N–H and O–H groups in total. The third-order valence-corrected chi connectivity index (χ3v) is 2.91. The highest BCUT2D eigenvalue weighted by atomic mass is 16.4. The van der Waals surface area contributed by atoms with E-state index in [1.165, 1.54) is 4.57 Å². The highest BCUT2D eigenvalue weighted by Gasteiger charge is 2.12. The number of aryl methyl sites for hydroxylation is 3. The van der Waals surface area contributed by atoms with E-state index in [4.69, 9.17) is 5.11 Å². The van der Waals surface area contributed by atoms with Crippen LogP contribution in [0.3, 0.4) is 0 Å². The molecule has 2 aromatic rings. The minimum Gasteiger partial charge on any atom is -0.481 e. The fourth-order valence-corrected chi connectivity index (χ4v) is 2.06. The van der Waals surface area contributed by atoms with Crippen molar-refractivity contribution < 1.29 is 9.90 Å². The van der Waals surface area contributed by atoms with E-state index in [0.29, 0.717) is 0 Å². The van der Waals surface area contributed by atoms with Crippen LogP contribution in [-0.4, -0.2) is 20.2 Å². The number of fused-ring (bicyclic) bond motifs is 1. The van der Waals surface area contributed by atoms with Gasteiger partial charge in [0.2, 0.25) is 0 Å². The highest BCUT2D eigenvalue weighted by molar-refractivity contribution is 5.79. The van der Waals surface area contributed by atoms with Crippen molar-refractivity contribution in [2.45, 2.75) is 19.9 Å². The maximum atomic E-state index is 12.0. The van der Waals surface area contributed by atoms with Crippen molar-refractivity contribution in [3.8, 4) is 0 Å². The van der Waals surface area contributed by atoms with Gasteiger partial charge in [0.25, 0.3) is 0 Å². The van der Waals surface area contributed by atoms with Crippen molar-refractivity contribution in [1.82, 2.24) is 9.13 Å². The average molecular weight is 234 g/mol. The Morgan fingerprint density at radius 3 is 2.76 bits per heavy atom. The molecular formula is C12H14N2O3. The largest absolute Gasteiger partial charge is 0.481 e. The molecule has 0 aliphatic rings. The molecule has 17 heavy (non-hydrogen) atoms. The normalized spacial score (nSPS) is 10.9. The highest BCUT2D eigenvalue weighted by Crippen LogP contribution is 2.16. The van der Waals surface area contributed by atoms with Crippen molar-refractivity contribution >= 4 is 17.0 Å². The van der Waals surface area contributed by atoms with E-state index in [1.54, 1.807) is 11.6 Å². The minimum absolute atomic E-state index is 0.0483. The van der Waals surface area contributed by atoms with Gasteiger partial charge in [-0.15, -0.1) is 0 Å². The maximum absolute atomic E-state index is 12.0. The van der Waals surface area contributed by atoms with Crippen LogP contribution in [0.1, 0.15) is 12.0 Å². The molecule has 5 heteroatoms. The first-order valence-electron chi connectivity index (χ1n) is 5.39. The van der Waals surface area contributed by atoms with Crippen LogP contribution in [-0.2, 0) is 18.4 Å². The maximum Gasteiger partial charge on any atom is 0.328 e. The van der Waals surface area contributed by atoms with Gasteiger partial charge in [-0.3, -0.25) is 13.9 Å². The van der Waals surface area contributed by atoms with E-state index in [1.807, 2.05) is 25.1 Å². The Morgan fingerprint density at radius 1 is 1.41 bits per heavy atom. The zero-order valence-electron chi connectivity index (χ0n) is 9.80. The van der Waals surface area contributed by atoms with E-state index in [9.17, 15) is 9.59 Å². The van der Waals surface area contributed by atoms with Crippen LogP contribution < -0.4 is 5.69 Å². The number of carbonyl (C=O) groups is 1. The van der Waals surface area contributed by atoms with Gasteiger partial charge in [0, 0.05) is 13.6 Å². The average Bonchev–Trinajstić information content (AvgIpc) is 2.52. The summed E-state index contributed by atoms with van der Waals surface area (Å²) in [6.45, 7) is 2.12. The first kappa shape index (κ1) is 11.4. The number of benzene rings is 1. The number of hydrogen-bond donors (Lipinski definition) is 1. The van der Waals surface area contributed by atoms with E-state index >= 15 is 0 Å². The lowest BCUT2D eigenvalue weighted by Gasteiger charge is -2.02. The molecule has 1 aromatic carbocycles. The quantitative estimate of drug-likeness (QED) is 0.865. The molecular weight excluding hydrogens is 220 g/mol. The molecule has 2 rings (SSSR count). The fourth-order valence-electron chi connectivity index (χ4n) is 2.06. The number of imidazole rings is 1. The Kier molecular flexibility index (Phi) is 2.75. The molecule has 0 aliphatic carbocycles. The number of nitrogens with zero attached hydrogens (tertiary/aromatic N) is 2. The Balaban J connectivity index is 2.65. The Morgan fingerprint density at radius 2 is 2.12 bits per heavy atom. The summed E-state index contributed by atoms with van der Waals surface area (Å²) in [4.78, 5) is 22.6. The second kappa shape index (κ2) is 4.08. The third kappa shape index (κ3) is 1.84. The topological polar surface area (TPSA) is 64.2 Å². The van der Waals surface area contributed by atoms with E-state index in [0.717, 1.165) is 16.6 Å². The van der Waals surface area contributed by atoms with Gasteiger partial charge in [0.1, 0.15) is 0 Å². The number of aliphatic carboxylic acids is 1. The van der Waals surface area contributed by atoms with Gasteiger partial charge in [0.05, 0.1) is 17.5 Å². The lowest BCUT2D eigenvalue weighted by atomic mass is 10.2. The lowest BCUT2D eigenvalue weighted by Crippen LogP contribution is -2.23. The molecule has 5 nitrogen and oxygen atoms in total. The number of hydrogen-bond acceptors (Lipinski definition) is 2. The monoisotopic (exact) mass is 234 g/mol. The number of aromatic nitrogens is 2. The Hall–Kier alpha value is -2.04. The molecule has 0 spiro atoms. The van der Waals surface area contributed by atoms with Gasteiger partial charge >= 0.3 is 11.7 Å². The number of rotatable bonds is 3. The lowest BCUT2D eigenvalue weighted by molar-refractivity contribution is -0.137. The van der Waals surface area contributed by atoms with Gasteiger partial charge in [-0.05, 0) is 18.6 Å². The Labute approximate surface area is 97.9 Å². The molecule has 0 atom stereocenters. The minimum atomic E-state index is -0.900. The van der Waals surface area contributed by atoms with Gasteiger partial charge < -0.3 is 5.11 Å². The molecule has 0 aliphatic heterocycles. The Bertz CT molecular complexity index is 637. The number of carboxylic acid groups (broad SMARTS) is 1. The predicted molar refractivity (Wildman–Crippen MR) is 64.2 cm³/mol. The molecule has 1 aromatic heterocycles. The zero-order valence-corrected chi connectivity index (χ0v) is 9.80.